The maximum Gasteiger partial charge on any atom is 0.248 e. The summed E-state index contributed by atoms with van der Waals surface area (Å²) >= 11 is 3.32. The van der Waals surface area contributed by atoms with Crippen LogP contribution >= 0.6 is 22.7 Å². The van der Waals surface area contributed by atoms with E-state index < -0.39 is 0 Å². The lowest BCUT2D eigenvalue weighted by atomic mass is 10.1. The summed E-state index contributed by atoms with van der Waals surface area (Å²) in [6.45, 7) is 1.96. The number of thiazole rings is 1. The summed E-state index contributed by atoms with van der Waals surface area (Å²) in [5.74, 6) is 1.98. The van der Waals surface area contributed by atoms with Gasteiger partial charge in [-0.2, -0.15) is 0 Å². The number of nitrogens with zero attached hydrogens (tertiary/aromatic N) is 5. The largest absolute Gasteiger partial charge is 0.508 e. The maximum absolute atomic E-state index is 10.8. The lowest BCUT2D eigenvalue weighted by Crippen LogP contribution is -2.00. The van der Waals surface area contributed by atoms with Crippen molar-refractivity contribution in [3.8, 4) is 40.2 Å². The number of rotatable bonds is 0. The van der Waals surface area contributed by atoms with Gasteiger partial charge in [-0.15, -0.1) is 22.7 Å². The number of aryl methyl sites for hydroxylation is 1. The normalized spacial score (nSPS) is 10.3. The molecule has 87 heavy (non-hydrogen) atoms. The molecule has 16 aromatic rings. The summed E-state index contributed by atoms with van der Waals surface area (Å²) in [6, 6.07) is 69.7. The number of pyridine rings is 5. The molecule has 0 aliphatic carbocycles. The first-order valence-electron chi connectivity index (χ1n) is 26.9. The summed E-state index contributed by atoms with van der Waals surface area (Å²) in [5.41, 5.74) is 3.47. The van der Waals surface area contributed by atoms with Gasteiger partial charge >= 0.3 is 0 Å². The van der Waals surface area contributed by atoms with Crippen molar-refractivity contribution in [3.05, 3.63) is 288 Å². The average molecular weight is 1190 g/mol. The maximum atomic E-state index is 10.8. The number of hydrogen-bond acceptors (Lipinski definition) is 15. The van der Waals surface area contributed by atoms with Gasteiger partial charge in [-0.25, -0.2) is 4.98 Å². The number of benzene rings is 9. The molecule has 0 radical (unpaired) electrons. The molecule has 8 N–H and O–H groups in total. The van der Waals surface area contributed by atoms with Gasteiger partial charge in [0, 0.05) is 75.4 Å². The smallest absolute Gasteiger partial charge is 0.248 e. The minimum absolute atomic E-state index is 0.0521. The van der Waals surface area contributed by atoms with E-state index in [0.717, 1.165) is 85.6 Å². The number of aromatic hydroxyl groups is 7. The van der Waals surface area contributed by atoms with E-state index in [1.165, 1.54) is 10.9 Å². The Kier molecular flexibility index (Phi) is 20.5. The van der Waals surface area contributed by atoms with Gasteiger partial charge in [0.1, 0.15) is 40.2 Å². The Morgan fingerprint density at radius 1 is 0.345 bits per heavy atom. The fraction of sp³-hybridized carbons (Fsp3) is 0.0141. The molecule has 0 aliphatic heterocycles. The highest BCUT2D eigenvalue weighted by Crippen LogP contribution is 2.26. The second kappa shape index (κ2) is 29.7. The van der Waals surface area contributed by atoms with Crippen LogP contribution in [0.3, 0.4) is 0 Å². The minimum Gasteiger partial charge on any atom is -0.508 e. The van der Waals surface area contributed by atoms with Gasteiger partial charge in [-0.1, -0.05) is 91.0 Å². The molecule has 0 saturated heterocycles. The molecular weight excluding hydrogens is 1130 g/mol. The number of nitrogens with one attached hydrogen (secondary N) is 1. The van der Waals surface area contributed by atoms with E-state index in [9.17, 15) is 4.79 Å². The van der Waals surface area contributed by atoms with E-state index in [1.54, 1.807) is 145 Å². The van der Waals surface area contributed by atoms with Crippen molar-refractivity contribution in [2.45, 2.75) is 6.92 Å². The lowest BCUT2D eigenvalue weighted by molar-refractivity contribution is 0.473. The molecule has 0 unspecified atom stereocenters. The second-order valence-corrected chi connectivity index (χ2v) is 21.2. The van der Waals surface area contributed by atoms with E-state index in [4.69, 9.17) is 35.7 Å². The van der Waals surface area contributed by atoms with E-state index in [1.807, 2.05) is 152 Å². The Hall–Kier alpha value is -11.5. The van der Waals surface area contributed by atoms with E-state index >= 15 is 0 Å². The van der Waals surface area contributed by atoms with Crippen molar-refractivity contribution >= 4 is 108 Å². The third-order valence-corrected chi connectivity index (χ3v) is 14.5. The molecule has 0 amide bonds. The van der Waals surface area contributed by atoms with Crippen molar-refractivity contribution in [1.29, 1.82) is 0 Å². The van der Waals surface area contributed by atoms with Crippen LogP contribution in [0.2, 0.25) is 0 Å². The first-order valence-corrected chi connectivity index (χ1v) is 28.6. The lowest BCUT2D eigenvalue weighted by Gasteiger charge is -1.96. The number of phenols is 6. The zero-order valence-electron chi connectivity index (χ0n) is 46.6. The zero-order valence-corrected chi connectivity index (χ0v) is 48.2. The van der Waals surface area contributed by atoms with Crippen LogP contribution in [0.5, 0.6) is 40.2 Å². The van der Waals surface area contributed by atoms with Crippen molar-refractivity contribution < 1.29 is 35.7 Å². The summed E-state index contributed by atoms with van der Waals surface area (Å²) in [4.78, 5) is 33.8. The van der Waals surface area contributed by atoms with Gasteiger partial charge < -0.3 is 40.7 Å². The summed E-state index contributed by atoms with van der Waals surface area (Å²) in [5, 5.41) is 77.1. The van der Waals surface area contributed by atoms with Crippen molar-refractivity contribution in [1.82, 2.24) is 29.9 Å². The van der Waals surface area contributed by atoms with Crippen LogP contribution in [0.15, 0.2) is 278 Å². The van der Waals surface area contributed by atoms with Gasteiger partial charge in [0.2, 0.25) is 5.56 Å². The molecule has 7 aromatic heterocycles. The SMILES string of the molecule is Cc1nc2cc(O)ccc2s1.O=c1cc2ccccc2c[nH]1.Oc1ccc2ccccc2c1.Oc1ccc2cccnc2c1.Oc1ccc2ccncc2c1.Oc1ccc2ncccc2c1.Oc1ccc2sccc2c1.Oc1cnc2ccccc2c1. The number of thiophene rings is 1. The molecule has 9 aromatic carbocycles. The average Bonchev–Trinajstić information content (AvgIpc) is 4.42. The Bertz CT molecular complexity index is 4510. The van der Waals surface area contributed by atoms with Gasteiger partial charge in [0.05, 0.1) is 38.0 Å². The summed E-state index contributed by atoms with van der Waals surface area (Å²) in [6.07, 6.45) is 10.1. The number of fused-ring (bicyclic) bond motifs is 8. The Labute approximate surface area is 506 Å². The molecule has 0 bridgehead atoms. The number of para-hydroxylation sites is 1. The number of phenolic OH excluding ortho intramolecular Hbond substituents is 6. The molecule has 0 saturated carbocycles. The van der Waals surface area contributed by atoms with Crippen LogP contribution in [0.25, 0.3) is 85.3 Å². The molecule has 0 fully saturated rings. The van der Waals surface area contributed by atoms with E-state index in [-0.39, 0.29) is 34.3 Å². The predicted octanol–water partition coefficient (Wildman–Crippen LogP) is 16.8. The van der Waals surface area contributed by atoms with Crippen molar-refractivity contribution in [2.75, 3.05) is 0 Å². The van der Waals surface area contributed by atoms with E-state index in [2.05, 4.69) is 29.9 Å². The Morgan fingerprint density at radius 2 is 0.828 bits per heavy atom. The topological polar surface area (TPSA) is 239 Å². The highest BCUT2D eigenvalue weighted by atomic mass is 32.1. The quantitative estimate of drug-likeness (QED) is 0.0706. The van der Waals surface area contributed by atoms with Crippen molar-refractivity contribution in [2.24, 2.45) is 0 Å². The van der Waals surface area contributed by atoms with Crippen LogP contribution in [0.4, 0.5) is 0 Å². The van der Waals surface area contributed by atoms with Crippen LogP contribution in [-0.2, 0) is 0 Å². The monoisotopic (exact) mass is 1180 g/mol. The zero-order chi connectivity index (χ0) is 60.9. The molecular formula is C71H56N6O8S2. The first kappa shape index (κ1) is 60.1. The minimum atomic E-state index is -0.0521. The highest BCUT2D eigenvalue weighted by molar-refractivity contribution is 7.18. The Balaban J connectivity index is 0.000000119. The third-order valence-electron chi connectivity index (χ3n) is 12.7. The molecule has 0 atom stereocenters. The van der Waals surface area contributed by atoms with Crippen LogP contribution < -0.4 is 5.56 Å². The fourth-order valence-corrected chi connectivity index (χ4v) is 10.1. The molecule has 16 rings (SSSR count). The molecule has 0 aliphatic rings. The Morgan fingerprint density at radius 3 is 1.54 bits per heavy atom. The van der Waals surface area contributed by atoms with Crippen molar-refractivity contribution in [3.63, 3.8) is 0 Å². The fourth-order valence-electron chi connectivity index (χ4n) is 8.52. The molecule has 14 nitrogen and oxygen atoms in total. The van der Waals surface area contributed by atoms with Crippen LogP contribution in [-0.4, -0.2) is 65.6 Å². The molecule has 430 valence electrons. The standard InChI is InChI=1S/C10H8O.5C9H7NO.C8H7NOS.C8H6OS/c11-10-6-5-8-3-1-2-4-9(8)7-10;11-9-2-1-7-3-4-10-6-8(7)5-9;11-8-3-4-9-7(6-8)2-1-5-10-9;11-8-4-3-7-2-1-5-10-9(7)6-8;11-8-5-7-3-1-2-4-9(7)10-6-8;11-9-5-7-3-1-2-4-8(7)6-10-9;1-5-9-7-4-6(10)2-3-8(7)11-5;9-7-1-2-8-6(5-7)3-4-10-8/h1-7,11H;4*1-6,11H;1-6H,(H,10,11);2-4,10H,1H3;1-5,9H. The molecule has 0 spiro atoms. The first-order chi connectivity index (χ1) is 42.3. The van der Waals surface area contributed by atoms with Crippen LogP contribution in [0.1, 0.15) is 5.01 Å². The number of H-pyrrole nitrogens is 1. The number of aromatic amines is 1. The van der Waals surface area contributed by atoms with Gasteiger partial charge in [0.15, 0.2) is 0 Å². The summed E-state index contributed by atoms with van der Waals surface area (Å²) in [7, 11) is 0. The van der Waals surface area contributed by atoms with E-state index in [0.29, 0.717) is 11.5 Å². The predicted molar refractivity (Wildman–Crippen MR) is 353 cm³/mol. The third kappa shape index (κ3) is 17.8. The second-order valence-electron chi connectivity index (χ2n) is 19.0. The molecule has 7 heterocycles. The van der Waals surface area contributed by atoms with Gasteiger partial charge in [-0.05, 0) is 166 Å². The number of aromatic nitrogens is 6. The van der Waals surface area contributed by atoms with Crippen LogP contribution in [0, 0.1) is 6.92 Å². The van der Waals surface area contributed by atoms with Gasteiger partial charge in [-0.3, -0.25) is 24.7 Å². The molecule has 16 heteroatoms. The number of hydrogen-bond donors (Lipinski definition) is 8. The summed E-state index contributed by atoms with van der Waals surface area (Å²) < 4.78 is 2.35. The van der Waals surface area contributed by atoms with Gasteiger partial charge in [0.25, 0.3) is 0 Å². The highest BCUT2D eigenvalue weighted by Gasteiger charge is 2.01.